The Morgan fingerprint density at radius 1 is 1.39 bits per heavy atom. The van der Waals surface area contributed by atoms with Crippen molar-refractivity contribution in [3.05, 3.63) is 33.7 Å². The molecule has 0 saturated heterocycles. The highest BCUT2D eigenvalue weighted by Gasteiger charge is 2.06. The second kappa shape index (κ2) is 6.20. The maximum absolute atomic E-state index is 5.71. The van der Waals surface area contributed by atoms with Crippen LogP contribution in [0.3, 0.4) is 0 Å². The minimum absolute atomic E-state index is 0.632. The molecule has 0 bridgehead atoms. The van der Waals surface area contributed by atoms with Crippen LogP contribution in [0.4, 0.5) is 0 Å². The van der Waals surface area contributed by atoms with Crippen molar-refractivity contribution >= 4 is 27.3 Å². The van der Waals surface area contributed by atoms with E-state index in [4.69, 9.17) is 9.47 Å². The molecular weight excluding hydrogens is 314 g/mol. The molecule has 1 aromatic heterocycles. The summed E-state index contributed by atoms with van der Waals surface area (Å²) in [6, 6.07) is 5.81. The molecule has 0 amide bonds. The summed E-state index contributed by atoms with van der Waals surface area (Å²) in [5.41, 5.74) is 1.04. The highest BCUT2D eigenvalue weighted by atomic mass is 79.9. The van der Waals surface area contributed by atoms with Crippen molar-refractivity contribution in [2.45, 2.75) is 20.3 Å². The van der Waals surface area contributed by atoms with Crippen LogP contribution in [-0.2, 0) is 0 Å². The summed E-state index contributed by atoms with van der Waals surface area (Å²) in [6.45, 7) is 4.82. The van der Waals surface area contributed by atoms with E-state index in [0.717, 1.165) is 33.9 Å². The first-order valence-electron chi connectivity index (χ1n) is 5.71. The van der Waals surface area contributed by atoms with Crippen LogP contribution < -0.4 is 9.47 Å². The molecule has 0 aliphatic carbocycles. The van der Waals surface area contributed by atoms with E-state index in [1.165, 1.54) is 11.3 Å². The molecule has 0 N–H and O–H groups in total. The van der Waals surface area contributed by atoms with Crippen molar-refractivity contribution in [2.75, 3.05) is 6.61 Å². The van der Waals surface area contributed by atoms with Crippen LogP contribution in [0, 0.1) is 6.92 Å². The largest absolute Gasteiger partial charge is 0.494 e. The van der Waals surface area contributed by atoms with E-state index in [9.17, 15) is 0 Å². The molecule has 3 nitrogen and oxygen atoms in total. The Balaban J connectivity index is 2.09. The summed E-state index contributed by atoms with van der Waals surface area (Å²) in [5, 5.41) is 0.632. The molecule has 0 radical (unpaired) electrons. The number of ether oxygens (including phenoxy) is 2. The molecule has 2 aromatic rings. The Bertz CT molecular complexity index is 527. The molecule has 18 heavy (non-hydrogen) atoms. The van der Waals surface area contributed by atoms with Gasteiger partial charge in [-0.3, -0.25) is 0 Å². The van der Waals surface area contributed by atoms with E-state index in [1.54, 1.807) is 6.20 Å². The van der Waals surface area contributed by atoms with Crippen LogP contribution in [0.2, 0.25) is 0 Å². The number of thiazole rings is 1. The summed E-state index contributed by atoms with van der Waals surface area (Å²) in [6.07, 6.45) is 2.73. The SMILES string of the molecule is CCCOc1ccc(Oc2ncc(Br)s2)c(C)c1. The number of hydrogen-bond acceptors (Lipinski definition) is 4. The lowest BCUT2D eigenvalue weighted by Gasteiger charge is -2.09. The molecule has 1 aromatic carbocycles. The third kappa shape index (κ3) is 3.46. The lowest BCUT2D eigenvalue weighted by Crippen LogP contribution is -1.95. The Hall–Kier alpha value is -1.07. The average molecular weight is 328 g/mol. The van der Waals surface area contributed by atoms with Gasteiger partial charge in [0.25, 0.3) is 5.19 Å². The molecule has 0 fully saturated rings. The minimum Gasteiger partial charge on any atom is -0.494 e. The predicted molar refractivity (Wildman–Crippen MR) is 76.9 cm³/mol. The van der Waals surface area contributed by atoms with Crippen LogP contribution in [0.25, 0.3) is 0 Å². The molecule has 1 heterocycles. The van der Waals surface area contributed by atoms with Gasteiger partial charge in [-0.05, 0) is 53.0 Å². The predicted octanol–water partition coefficient (Wildman–Crippen LogP) is 4.80. The van der Waals surface area contributed by atoms with Gasteiger partial charge >= 0.3 is 0 Å². The van der Waals surface area contributed by atoms with Crippen LogP contribution in [-0.4, -0.2) is 11.6 Å². The van der Waals surface area contributed by atoms with Crippen molar-refractivity contribution in [1.29, 1.82) is 0 Å². The molecule has 2 rings (SSSR count). The number of hydrogen-bond donors (Lipinski definition) is 0. The van der Waals surface area contributed by atoms with Crippen molar-refractivity contribution < 1.29 is 9.47 Å². The first-order valence-corrected chi connectivity index (χ1v) is 7.32. The van der Waals surface area contributed by atoms with Gasteiger partial charge in [-0.15, -0.1) is 0 Å². The van der Waals surface area contributed by atoms with Crippen LogP contribution in [0.15, 0.2) is 28.2 Å². The van der Waals surface area contributed by atoms with Gasteiger partial charge in [-0.1, -0.05) is 18.3 Å². The van der Waals surface area contributed by atoms with E-state index in [2.05, 4.69) is 27.8 Å². The normalized spacial score (nSPS) is 10.4. The van der Waals surface area contributed by atoms with E-state index in [-0.39, 0.29) is 0 Å². The fourth-order valence-electron chi connectivity index (χ4n) is 1.43. The molecule has 5 heteroatoms. The number of benzene rings is 1. The van der Waals surface area contributed by atoms with Crippen molar-refractivity contribution in [1.82, 2.24) is 4.98 Å². The maximum atomic E-state index is 5.71. The first kappa shape index (κ1) is 13.4. The number of aromatic nitrogens is 1. The number of aryl methyl sites for hydroxylation is 1. The summed E-state index contributed by atoms with van der Waals surface area (Å²) in [4.78, 5) is 4.14. The summed E-state index contributed by atoms with van der Waals surface area (Å²) < 4.78 is 12.2. The molecule has 0 atom stereocenters. The van der Waals surface area contributed by atoms with Gasteiger partial charge < -0.3 is 9.47 Å². The van der Waals surface area contributed by atoms with Gasteiger partial charge in [0.15, 0.2) is 0 Å². The van der Waals surface area contributed by atoms with Gasteiger partial charge in [0.2, 0.25) is 0 Å². The van der Waals surface area contributed by atoms with Crippen molar-refractivity contribution in [3.8, 4) is 16.7 Å². The fraction of sp³-hybridized carbons (Fsp3) is 0.308. The second-order valence-corrected chi connectivity index (χ2v) is 6.18. The Kier molecular flexibility index (Phi) is 4.60. The molecular formula is C13H14BrNO2S. The summed E-state index contributed by atoms with van der Waals surface area (Å²) in [7, 11) is 0. The zero-order valence-electron chi connectivity index (χ0n) is 10.3. The maximum Gasteiger partial charge on any atom is 0.279 e. The first-order chi connectivity index (χ1) is 8.69. The quantitative estimate of drug-likeness (QED) is 0.790. The Labute approximate surface area is 119 Å². The molecule has 0 aliphatic heterocycles. The third-order valence-corrected chi connectivity index (χ3v) is 3.63. The van der Waals surface area contributed by atoms with Crippen molar-refractivity contribution in [2.24, 2.45) is 0 Å². The topological polar surface area (TPSA) is 31.4 Å². The zero-order chi connectivity index (χ0) is 13.0. The van der Waals surface area contributed by atoms with Gasteiger partial charge in [0, 0.05) is 0 Å². The fourth-order valence-corrected chi connectivity index (χ4v) is 2.45. The van der Waals surface area contributed by atoms with E-state index >= 15 is 0 Å². The summed E-state index contributed by atoms with van der Waals surface area (Å²) in [5.74, 6) is 1.68. The van der Waals surface area contributed by atoms with Crippen LogP contribution in [0.1, 0.15) is 18.9 Å². The van der Waals surface area contributed by atoms with E-state index < -0.39 is 0 Å². The van der Waals surface area contributed by atoms with Gasteiger partial charge in [-0.2, -0.15) is 0 Å². The van der Waals surface area contributed by atoms with Gasteiger partial charge in [-0.25, -0.2) is 4.98 Å². The van der Waals surface area contributed by atoms with Gasteiger partial charge in [0.1, 0.15) is 11.5 Å². The monoisotopic (exact) mass is 327 g/mol. The molecule has 0 aliphatic rings. The van der Waals surface area contributed by atoms with E-state index in [0.29, 0.717) is 5.19 Å². The highest BCUT2D eigenvalue weighted by molar-refractivity contribution is 9.11. The number of halogens is 1. The lowest BCUT2D eigenvalue weighted by molar-refractivity contribution is 0.316. The minimum atomic E-state index is 0.632. The molecule has 96 valence electrons. The standard InChI is InChI=1S/C13H14BrNO2S/c1-3-6-16-10-4-5-11(9(2)7-10)17-13-15-8-12(14)18-13/h4-5,7-8H,3,6H2,1-2H3. The third-order valence-electron chi connectivity index (χ3n) is 2.27. The smallest absolute Gasteiger partial charge is 0.279 e. The molecule has 0 unspecified atom stereocenters. The Morgan fingerprint density at radius 2 is 2.22 bits per heavy atom. The number of nitrogens with zero attached hydrogens (tertiary/aromatic N) is 1. The number of rotatable bonds is 5. The van der Waals surface area contributed by atoms with E-state index in [1.807, 2.05) is 25.1 Å². The van der Waals surface area contributed by atoms with Crippen LogP contribution >= 0.6 is 27.3 Å². The summed E-state index contributed by atoms with van der Waals surface area (Å²) >= 11 is 4.82. The highest BCUT2D eigenvalue weighted by Crippen LogP contribution is 2.32. The molecule has 0 spiro atoms. The van der Waals surface area contributed by atoms with Crippen LogP contribution in [0.5, 0.6) is 16.7 Å². The average Bonchev–Trinajstić information content (AvgIpc) is 2.75. The zero-order valence-corrected chi connectivity index (χ0v) is 12.7. The second-order valence-electron chi connectivity index (χ2n) is 3.81. The molecule has 0 saturated carbocycles. The van der Waals surface area contributed by atoms with Gasteiger partial charge in [0.05, 0.1) is 16.6 Å². The Morgan fingerprint density at radius 3 is 2.83 bits per heavy atom. The van der Waals surface area contributed by atoms with Crippen molar-refractivity contribution in [3.63, 3.8) is 0 Å². The lowest BCUT2D eigenvalue weighted by atomic mass is 10.2.